The number of piperazine rings is 1. The van der Waals surface area contributed by atoms with Gasteiger partial charge in [0.1, 0.15) is 12.4 Å². The van der Waals surface area contributed by atoms with E-state index in [-0.39, 0.29) is 0 Å². The lowest BCUT2D eigenvalue weighted by Gasteiger charge is -2.36. The van der Waals surface area contributed by atoms with E-state index in [1.807, 2.05) is 17.9 Å². The molecular weight excluding hydrogens is 364 g/mol. The van der Waals surface area contributed by atoms with Gasteiger partial charge in [0.25, 0.3) is 0 Å². The Morgan fingerprint density at radius 2 is 1.93 bits per heavy atom. The van der Waals surface area contributed by atoms with Crippen molar-refractivity contribution in [2.45, 2.75) is 31.8 Å². The summed E-state index contributed by atoms with van der Waals surface area (Å²) < 4.78 is 8.08. The number of aromatic nitrogens is 4. The van der Waals surface area contributed by atoms with Gasteiger partial charge < -0.3 is 9.64 Å². The Kier molecular flexibility index (Phi) is 5.06. The summed E-state index contributed by atoms with van der Waals surface area (Å²) in [6, 6.07) is 8.58. The van der Waals surface area contributed by atoms with E-state index in [2.05, 4.69) is 49.1 Å². The van der Waals surface area contributed by atoms with Crippen LogP contribution in [0.4, 0.5) is 5.69 Å². The van der Waals surface area contributed by atoms with Gasteiger partial charge in [0.2, 0.25) is 5.88 Å². The molecule has 1 aliphatic carbocycles. The minimum Gasteiger partial charge on any atom is -0.474 e. The molecule has 7 nitrogen and oxygen atoms in total. The standard InChI is InChI=1S/C22H28N6O/c1-26-17(7-9-25-26)8-10-27-11-13-28(14-12-27)18-5-6-21-20(15-18)22(24-16-23-21)29-19-3-2-4-19/h5-7,9,15-16,19H,2-4,8,10-14H2,1H3. The maximum atomic E-state index is 6.11. The van der Waals surface area contributed by atoms with Crippen molar-refractivity contribution >= 4 is 16.6 Å². The summed E-state index contributed by atoms with van der Waals surface area (Å²) in [5.74, 6) is 0.733. The fourth-order valence-corrected chi connectivity index (χ4v) is 4.11. The molecule has 5 rings (SSSR count). The Labute approximate surface area is 171 Å². The lowest BCUT2D eigenvalue weighted by atomic mass is 9.96. The van der Waals surface area contributed by atoms with E-state index < -0.39 is 0 Å². The van der Waals surface area contributed by atoms with Crippen LogP contribution < -0.4 is 9.64 Å². The molecular formula is C22H28N6O. The summed E-state index contributed by atoms with van der Waals surface area (Å²) in [6.45, 7) is 5.30. The normalized spacial score (nSPS) is 18.2. The molecule has 3 aromatic rings. The highest BCUT2D eigenvalue weighted by atomic mass is 16.5. The molecule has 7 heteroatoms. The number of rotatable bonds is 6. The molecule has 29 heavy (non-hydrogen) atoms. The first kappa shape index (κ1) is 18.4. The van der Waals surface area contributed by atoms with E-state index >= 15 is 0 Å². The third-order valence-corrected chi connectivity index (χ3v) is 6.26. The Hall–Kier alpha value is -2.67. The molecule has 3 heterocycles. The first-order valence-electron chi connectivity index (χ1n) is 10.6. The minimum absolute atomic E-state index is 0.319. The van der Waals surface area contributed by atoms with Gasteiger partial charge in [-0.25, -0.2) is 9.97 Å². The summed E-state index contributed by atoms with van der Waals surface area (Å²) in [5.41, 5.74) is 3.48. The SMILES string of the molecule is Cn1nccc1CCN1CCN(c2ccc3ncnc(OC4CCC4)c3c2)CC1. The molecule has 152 valence electrons. The predicted octanol–water partition coefficient (Wildman–Crippen LogP) is 2.66. The zero-order valence-corrected chi connectivity index (χ0v) is 17.0. The lowest BCUT2D eigenvalue weighted by Crippen LogP contribution is -2.47. The Morgan fingerprint density at radius 1 is 1.07 bits per heavy atom. The molecule has 2 aromatic heterocycles. The number of ether oxygens (including phenoxy) is 1. The van der Waals surface area contributed by atoms with E-state index in [1.165, 1.54) is 17.8 Å². The smallest absolute Gasteiger partial charge is 0.224 e. The van der Waals surface area contributed by atoms with Crippen molar-refractivity contribution < 1.29 is 4.74 Å². The number of aryl methyl sites for hydroxylation is 1. The molecule has 1 saturated carbocycles. The Balaban J connectivity index is 1.24. The van der Waals surface area contributed by atoms with Crippen LogP contribution in [0.1, 0.15) is 25.0 Å². The van der Waals surface area contributed by atoms with Crippen LogP contribution in [-0.2, 0) is 13.5 Å². The van der Waals surface area contributed by atoms with Crippen molar-refractivity contribution in [3.63, 3.8) is 0 Å². The first-order valence-corrected chi connectivity index (χ1v) is 10.6. The molecule has 2 aliphatic rings. The topological polar surface area (TPSA) is 59.3 Å². The summed E-state index contributed by atoms with van der Waals surface area (Å²) in [4.78, 5) is 13.8. The highest BCUT2D eigenvalue weighted by Crippen LogP contribution is 2.31. The minimum atomic E-state index is 0.319. The van der Waals surface area contributed by atoms with Gasteiger partial charge in [0.15, 0.2) is 0 Å². The average Bonchev–Trinajstić information content (AvgIpc) is 3.14. The van der Waals surface area contributed by atoms with Gasteiger partial charge in [0.05, 0.1) is 10.9 Å². The van der Waals surface area contributed by atoms with Crippen molar-refractivity contribution in [1.82, 2.24) is 24.6 Å². The van der Waals surface area contributed by atoms with E-state index in [0.29, 0.717) is 6.10 Å². The number of fused-ring (bicyclic) bond motifs is 1. The van der Waals surface area contributed by atoms with Gasteiger partial charge in [-0.05, 0) is 43.5 Å². The Bertz CT molecular complexity index is 974. The molecule has 0 amide bonds. The summed E-state index contributed by atoms with van der Waals surface area (Å²) in [6.07, 6.45) is 8.36. The number of nitrogens with zero attached hydrogens (tertiary/aromatic N) is 6. The quantitative estimate of drug-likeness (QED) is 0.643. The fraction of sp³-hybridized carbons (Fsp3) is 0.500. The van der Waals surface area contributed by atoms with Crippen molar-refractivity contribution in [1.29, 1.82) is 0 Å². The van der Waals surface area contributed by atoms with Gasteiger partial charge in [-0.1, -0.05) is 0 Å². The van der Waals surface area contributed by atoms with E-state index in [9.17, 15) is 0 Å². The second-order valence-corrected chi connectivity index (χ2v) is 8.08. The average molecular weight is 393 g/mol. The fourth-order valence-electron chi connectivity index (χ4n) is 4.11. The van der Waals surface area contributed by atoms with Crippen molar-refractivity contribution in [3.8, 4) is 5.88 Å². The van der Waals surface area contributed by atoms with Crippen LogP contribution in [0.5, 0.6) is 5.88 Å². The highest BCUT2D eigenvalue weighted by molar-refractivity contribution is 5.86. The molecule has 0 N–H and O–H groups in total. The number of hydrogen-bond donors (Lipinski definition) is 0. The van der Waals surface area contributed by atoms with Gasteiger partial charge >= 0.3 is 0 Å². The van der Waals surface area contributed by atoms with Crippen LogP contribution >= 0.6 is 0 Å². The number of anilines is 1. The van der Waals surface area contributed by atoms with E-state index in [0.717, 1.165) is 68.8 Å². The zero-order chi connectivity index (χ0) is 19.6. The van der Waals surface area contributed by atoms with Crippen LogP contribution in [0.3, 0.4) is 0 Å². The Morgan fingerprint density at radius 3 is 2.66 bits per heavy atom. The van der Waals surface area contributed by atoms with Crippen molar-refractivity contribution in [2.24, 2.45) is 7.05 Å². The van der Waals surface area contributed by atoms with Crippen LogP contribution in [0.25, 0.3) is 10.9 Å². The third-order valence-electron chi connectivity index (χ3n) is 6.26. The predicted molar refractivity (Wildman–Crippen MR) is 113 cm³/mol. The number of hydrogen-bond acceptors (Lipinski definition) is 6. The van der Waals surface area contributed by atoms with Crippen LogP contribution in [0.15, 0.2) is 36.8 Å². The van der Waals surface area contributed by atoms with Gasteiger partial charge in [-0.15, -0.1) is 0 Å². The van der Waals surface area contributed by atoms with Crippen LogP contribution in [0.2, 0.25) is 0 Å². The largest absolute Gasteiger partial charge is 0.474 e. The second kappa shape index (κ2) is 7.99. The summed E-state index contributed by atoms with van der Waals surface area (Å²) in [5, 5.41) is 5.28. The highest BCUT2D eigenvalue weighted by Gasteiger charge is 2.22. The molecule has 0 spiro atoms. The molecule has 1 saturated heterocycles. The lowest BCUT2D eigenvalue weighted by molar-refractivity contribution is 0.116. The van der Waals surface area contributed by atoms with Crippen molar-refractivity contribution in [2.75, 3.05) is 37.6 Å². The summed E-state index contributed by atoms with van der Waals surface area (Å²) >= 11 is 0. The van der Waals surface area contributed by atoms with Crippen LogP contribution in [0, 0.1) is 0 Å². The number of benzene rings is 1. The third kappa shape index (κ3) is 3.92. The van der Waals surface area contributed by atoms with Gasteiger partial charge in [0, 0.05) is 63.8 Å². The summed E-state index contributed by atoms with van der Waals surface area (Å²) in [7, 11) is 2.01. The monoisotopic (exact) mass is 392 g/mol. The van der Waals surface area contributed by atoms with E-state index in [1.54, 1.807) is 6.33 Å². The maximum absolute atomic E-state index is 6.11. The van der Waals surface area contributed by atoms with E-state index in [4.69, 9.17) is 4.74 Å². The van der Waals surface area contributed by atoms with Gasteiger partial charge in [-0.3, -0.25) is 9.58 Å². The molecule has 0 atom stereocenters. The molecule has 0 bridgehead atoms. The van der Waals surface area contributed by atoms with Crippen LogP contribution in [-0.4, -0.2) is 63.5 Å². The molecule has 0 unspecified atom stereocenters. The molecule has 0 radical (unpaired) electrons. The first-order chi connectivity index (χ1) is 14.3. The molecule has 2 fully saturated rings. The molecule has 1 aromatic carbocycles. The molecule has 1 aliphatic heterocycles. The maximum Gasteiger partial charge on any atom is 0.224 e. The van der Waals surface area contributed by atoms with Gasteiger partial charge in [-0.2, -0.15) is 5.10 Å². The zero-order valence-electron chi connectivity index (χ0n) is 17.0. The van der Waals surface area contributed by atoms with Crippen molar-refractivity contribution in [3.05, 3.63) is 42.5 Å². The second-order valence-electron chi connectivity index (χ2n) is 8.08.